The van der Waals surface area contributed by atoms with Crippen molar-refractivity contribution in [2.45, 2.75) is 32.2 Å². The summed E-state index contributed by atoms with van der Waals surface area (Å²) in [7, 11) is 2.50. The smallest absolute Gasteiger partial charge is 0.345 e. The van der Waals surface area contributed by atoms with Crippen LogP contribution in [0.4, 0.5) is 0 Å². The van der Waals surface area contributed by atoms with E-state index in [9.17, 15) is 9.59 Å². The third-order valence-corrected chi connectivity index (χ3v) is 3.23. The first-order valence-electron chi connectivity index (χ1n) is 6.07. The molecule has 1 aliphatic rings. The van der Waals surface area contributed by atoms with Crippen molar-refractivity contribution in [2.24, 2.45) is 0 Å². The highest BCUT2D eigenvalue weighted by atomic mass is 16.5. The lowest BCUT2D eigenvalue weighted by atomic mass is 9.99. The van der Waals surface area contributed by atoms with E-state index in [4.69, 9.17) is 0 Å². The fraction of sp³-hybridized carbons (Fsp3) is 0.692. The Balaban J connectivity index is 2.98. The Bertz CT molecular complexity index is 336. The summed E-state index contributed by atoms with van der Waals surface area (Å²) < 4.78 is 9.23. The minimum absolute atomic E-state index is 0.0445. The number of rotatable bonds is 4. The predicted octanol–water partition coefficient (Wildman–Crippen LogP) is 1.13. The lowest BCUT2D eigenvalue weighted by Crippen LogP contribution is -2.41. The topological polar surface area (TPSA) is 55.8 Å². The first-order valence-corrected chi connectivity index (χ1v) is 6.07. The lowest BCUT2D eigenvalue weighted by molar-refractivity contribution is -0.144. The summed E-state index contributed by atoms with van der Waals surface area (Å²) in [5, 5.41) is 0. The Hall–Kier alpha value is -1.36. The molecule has 1 heterocycles. The summed E-state index contributed by atoms with van der Waals surface area (Å²) in [6.07, 6.45) is 3.92. The van der Waals surface area contributed by atoms with Gasteiger partial charge in [0.05, 0.1) is 14.2 Å². The number of carbonyl (C=O) groups is 2. The number of hydrogen-bond donors (Lipinski definition) is 0. The maximum absolute atomic E-state index is 11.6. The van der Waals surface area contributed by atoms with Crippen molar-refractivity contribution in [2.75, 3.05) is 27.3 Å². The monoisotopic (exact) mass is 255 g/mol. The molecule has 5 nitrogen and oxygen atoms in total. The van der Waals surface area contributed by atoms with Crippen LogP contribution >= 0.6 is 0 Å². The van der Waals surface area contributed by atoms with Crippen molar-refractivity contribution < 1.29 is 19.1 Å². The molecule has 0 bridgehead atoms. The van der Waals surface area contributed by atoms with Crippen molar-refractivity contribution in [1.29, 1.82) is 0 Å². The number of likely N-dealkylation sites (tertiary alicyclic amines) is 1. The van der Waals surface area contributed by atoms with Gasteiger partial charge in [-0.3, -0.25) is 4.90 Å². The van der Waals surface area contributed by atoms with E-state index < -0.39 is 11.9 Å². The SMILES string of the molecule is COC(=O)C(=CC(C)(C)N1CCCC1)C(=O)OC. The highest BCUT2D eigenvalue weighted by Crippen LogP contribution is 2.24. The van der Waals surface area contributed by atoms with Gasteiger partial charge in [0, 0.05) is 5.54 Å². The lowest BCUT2D eigenvalue weighted by Gasteiger charge is -2.32. The van der Waals surface area contributed by atoms with Gasteiger partial charge >= 0.3 is 11.9 Å². The maximum Gasteiger partial charge on any atom is 0.345 e. The third-order valence-electron chi connectivity index (χ3n) is 3.23. The first-order chi connectivity index (χ1) is 8.42. The van der Waals surface area contributed by atoms with E-state index in [2.05, 4.69) is 14.4 Å². The van der Waals surface area contributed by atoms with Crippen molar-refractivity contribution in [3.8, 4) is 0 Å². The molecule has 1 saturated heterocycles. The molecule has 0 aromatic heterocycles. The second-order valence-corrected chi connectivity index (χ2v) is 4.89. The van der Waals surface area contributed by atoms with E-state index in [1.54, 1.807) is 6.08 Å². The van der Waals surface area contributed by atoms with Gasteiger partial charge in [0.25, 0.3) is 0 Å². The molecule has 1 rings (SSSR count). The van der Waals surface area contributed by atoms with Gasteiger partial charge in [-0.25, -0.2) is 9.59 Å². The molecule has 0 aromatic carbocycles. The van der Waals surface area contributed by atoms with Crippen molar-refractivity contribution in [3.63, 3.8) is 0 Å². The summed E-state index contributed by atoms with van der Waals surface area (Å²) in [6.45, 7) is 5.90. The fourth-order valence-corrected chi connectivity index (χ4v) is 2.16. The Kier molecular flexibility index (Phi) is 4.90. The van der Waals surface area contributed by atoms with Crippen molar-refractivity contribution in [1.82, 2.24) is 4.90 Å². The van der Waals surface area contributed by atoms with Crippen LogP contribution in [0.15, 0.2) is 11.6 Å². The Morgan fingerprint density at radius 2 is 1.50 bits per heavy atom. The molecule has 0 N–H and O–H groups in total. The van der Waals surface area contributed by atoms with E-state index in [1.807, 2.05) is 13.8 Å². The number of nitrogens with zero attached hydrogens (tertiary/aromatic N) is 1. The van der Waals surface area contributed by atoms with Crippen molar-refractivity contribution >= 4 is 11.9 Å². The van der Waals surface area contributed by atoms with Gasteiger partial charge in [-0.15, -0.1) is 0 Å². The minimum Gasteiger partial charge on any atom is -0.465 e. The molecule has 18 heavy (non-hydrogen) atoms. The van der Waals surface area contributed by atoms with Crippen LogP contribution in [-0.4, -0.2) is 49.7 Å². The molecule has 0 atom stereocenters. The molecule has 5 heteroatoms. The standard InChI is InChI=1S/C13H21NO4/c1-13(2,14-7-5-6-8-14)9-10(11(15)17-3)12(16)18-4/h9H,5-8H2,1-4H3. The molecule has 0 radical (unpaired) electrons. The van der Waals surface area contributed by atoms with E-state index in [-0.39, 0.29) is 11.1 Å². The summed E-state index contributed by atoms with van der Waals surface area (Å²) in [6, 6.07) is 0. The average Bonchev–Trinajstić information content (AvgIpc) is 2.88. The zero-order valence-corrected chi connectivity index (χ0v) is 11.5. The zero-order valence-electron chi connectivity index (χ0n) is 11.5. The van der Waals surface area contributed by atoms with Crippen LogP contribution in [0.2, 0.25) is 0 Å². The van der Waals surface area contributed by atoms with Crippen LogP contribution in [0.3, 0.4) is 0 Å². The van der Waals surface area contributed by atoms with E-state index in [0.717, 1.165) is 25.9 Å². The summed E-state index contributed by atoms with van der Waals surface area (Å²) in [5.41, 5.74) is -0.411. The summed E-state index contributed by atoms with van der Waals surface area (Å²) >= 11 is 0. The minimum atomic E-state index is -0.658. The normalized spacial score (nSPS) is 16.2. The molecule has 0 unspecified atom stereocenters. The second kappa shape index (κ2) is 6.00. The second-order valence-electron chi connectivity index (χ2n) is 4.89. The zero-order chi connectivity index (χ0) is 13.8. The Labute approximate surface area is 108 Å². The number of carbonyl (C=O) groups excluding carboxylic acids is 2. The van der Waals surface area contributed by atoms with E-state index in [1.165, 1.54) is 14.2 Å². The summed E-state index contributed by atoms with van der Waals surface area (Å²) in [5.74, 6) is -1.32. The molecule has 102 valence electrons. The van der Waals surface area contributed by atoms with E-state index >= 15 is 0 Å². The molecule has 0 spiro atoms. The van der Waals surface area contributed by atoms with Crippen LogP contribution in [0.25, 0.3) is 0 Å². The molecular formula is C13H21NO4. The van der Waals surface area contributed by atoms with Crippen LogP contribution in [-0.2, 0) is 19.1 Å². The van der Waals surface area contributed by atoms with Gasteiger partial charge < -0.3 is 9.47 Å². The van der Waals surface area contributed by atoms with Gasteiger partial charge in [0.1, 0.15) is 5.57 Å². The van der Waals surface area contributed by atoms with Crippen LogP contribution in [0, 0.1) is 0 Å². The van der Waals surface area contributed by atoms with Crippen LogP contribution < -0.4 is 0 Å². The molecule has 0 aliphatic carbocycles. The van der Waals surface area contributed by atoms with Crippen LogP contribution in [0.1, 0.15) is 26.7 Å². The number of methoxy groups -OCH3 is 2. The summed E-state index contributed by atoms with van der Waals surface area (Å²) in [4.78, 5) is 25.4. The number of hydrogen-bond acceptors (Lipinski definition) is 5. The van der Waals surface area contributed by atoms with Crippen molar-refractivity contribution in [3.05, 3.63) is 11.6 Å². The molecular weight excluding hydrogens is 234 g/mol. The highest BCUT2D eigenvalue weighted by molar-refractivity contribution is 6.14. The molecule has 1 aliphatic heterocycles. The Morgan fingerprint density at radius 3 is 1.89 bits per heavy atom. The molecule has 0 saturated carbocycles. The largest absolute Gasteiger partial charge is 0.465 e. The number of esters is 2. The first kappa shape index (κ1) is 14.7. The van der Waals surface area contributed by atoms with Gasteiger partial charge in [0.2, 0.25) is 0 Å². The van der Waals surface area contributed by atoms with Gasteiger partial charge in [0.15, 0.2) is 0 Å². The quantitative estimate of drug-likeness (QED) is 0.326. The Morgan fingerprint density at radius 1 is 1.06 bits per heavy atom. The predicted molar refractivity (Wildman–Crippen MR) is 67.0 cm³/mol. The molecule has 1 fully saturated rings. The molecule has 0 amide bonds. The maximum atomic E-state index is 11.6. The molecule has 0 aromatic rings. The van der Waals surface area contributed by atoms with Crippen LogP contribution in [0.5, 0.6) is 0 Å². The number of ether oxygens (including phenoxy) is 2. The average molecular weight is 255 g/mol. The fourth-order valence-electron chi connectivity index (χ4n) is 2.16. The van der Waals surface area contributed by atoms with Gasteiger partial charge in [-0.1, -0.05) is 0 Å². The van der Waals surface area contributed by atoms with E-state index in [0.29, 0.717) is 0 Å². The highest BCUT2D eigenvalue weighted by Gasteiger charge is 2.31. The van der Waals surface area contributed by atoms with Gasteiger partial charge in [-0.05, 0) is 45.9 Å². The van der Waals surface area contributed by atoms with Gasteiger partial charge in [-0.2, -0.15) is 0 Å². The third kappa shape index (κ3) is 3.32.